The third kappa shape index (κ3) is 2.68. The molecule has 0 radical (unpaired) electrons. The minimum atomic E-state index is -0.590. The monoisotopic (exact) mass is 384 g/mol. The van der Waals surface area contributed by atoms with Crippen LogP contribution in [-0.4, -0.2) is 28.8 Å². The summed E-state index contributed by atoms with van der Waals surface area (Å²) in [5.41, 5.74) is 0.0875. The number of amides is 4. The number of carbonyl (C=O) groups is 3. The van der Waals surface area contributed by atoms with Gasteiger partial charge in [0.25, 0.3) is 11.8 Å². The fourth-order valence-electron chi connectivity index (χ4n) is 6.50. The maximum absolute atomic E-state index is 13.2. The van der Waals surface area contributed by atoms with E-state index in [1.165, 1.54) is 35.5 Å². The van der Waals surface area contributed by atoms with E-state index in [-0.39, 0.29) is 17.0 Å². The molecule has 4 bridgehead atoms. The lowest BCUT2D eigenvalue weighted by atomic mass is 9.47. The van der Waals surface area contributed by atoms with Crippen LogP contribution in [0, 0.1) is 23.2 Å². The van der Waals surface area contributed by atoms with Gasteiger partial charge < -0.3 is 0 Å². The Kier molecular flexibility index (Phi) is 3.83. The average molecular weight is 385 g/mol. The molecule has 6 rings (SSSR count). The first kappa shape index (κ1) is 17.2. The molecule has 5 fully saturated rings. The van der Waals surface area contributed by atoms with E-state index in [2.05, 4.69) is 5.32 Å². The van der Waals surface area contributed by atoms with E-state index in [1.54, 1.807) is 6.08 Å². The van der Waals surface area contributed by atoms with Crippen LogP contribution in [0.3, 0.4) is 0 Å². The second-order valence-electron chi connectivity index (χ2n) is 8.96. The van der Waals surface area contributed by atoms with Crippen molar-refractivity contribution in [3.05, 3.63) is 28.0 Å². The highest BCUT2D eigenvalue weighted by Gasteiger charge is 2.56. The van der Waals surface area contributed by atoms with Crippen LogP contribution in [0.4, 0.5) is 4.79 Å². The molecular formula is C21H24N2O3S. The maximum atomic E-state index is 13.2. The second-order valence-corrected chi connectivity index (χ2v) is 9.94. The minimum Gasteiger partial charge on any atom is -0.273 e. The third-order valence-electron chi connectivity index (χ3n) is 7.32. The zero-order valence-electron chi connectivity index (χ0n) is 15.4. The number of carbonyl (C=O) groups excluding carboxylic acids is 3. The molecule has 0 unspecified atom stereocenters. The largest absolute Gasteiger partial charge is 0.331 e. The molecule has 1 aromatic rings. The number of nitrogens with one attached hydrogen (secondary N) is 1. The Morgan fingerprint density at radius 1 is 1.15 bits per heavy atom. The quantitative estimate of drug-likeness (QED) is 0.636. The maximum Gasteiger partial charge on any atom is 0.331 e. The zero-order chi connectivity index (χ0) is 18.8. The van der Waals surface area contributed by atoms with Gasteiger partial charge in [0.2, 0.25) is 0 Å². The van der Waals surface area contributed by atoms with Gasteiger partial charge in [-0.1, -0.05) is 6.07 Å². The second kappa shape index (κ2) is 6.03. The summed E-state index contributed by atoms with van der Waals surface area (Å²) in [5, 5.41) is 4.30. The van der Waals surface area contributed by atoms with Crippen LogP contribution in [0.5, 0.6) is 0 Å². The van der Waals surface area contributed by atoms with Crippen LogP contribution in [0.15, 0.2) is 23.1 Å². The van der Waals surface area contributed by atoms with Crippen molar-refractivity contribution >= 4 is 35.3 Å². The van der Waals surface area contributed by atoms with E-state index < -0.39 is 17.8 Å². The van der Waals surface area contributed by atoms with E-state index >= 15 is 0 Å². The first-order chi connectivity index (χ1) is 12.9. The predicted molar refractivity (Wildman–Crippen MR) is 103 cm³/mol. The van der Waals surface area contributed by atoms with Crippen molar-refractivity contribution in [3.63, 3.8) is 0 Å². The van der Waals surface area contributed by atoms with Crippen molar-refractivity contribution in [2.45, 2.75) is 51.5 Å². The first-order valence-corrected chi connectivity index (χ1v) is 10.8. The van der Waals surface area contributed by atoms with Gasteiger partial charge in [0.1, 0.15) is 5.57 Å². The lowest BCUT2D eigenvalue weighted by molar-refractivity contribution is -0.139. The molecule has 0 aromatic carbocycles. The Bertz CT molecular complexity index is 806. The fourth-order valence-corrected chi connectivity index (χ4v) is 7.16. The highest BCUT2D eigenvalue weighted by atomic mass is 32.1. The minimum absolute atomic E-state index is 0.0240. The highest BCUT2D eigenvalue weighted by molar-refractivity contribution is 7.10. The Balaban J connectivity index is 1.47. The van der Waals surface area contributed by atoms with Crippen molar-refractivity contribution in [3.8, 4) is 0 Å². The summed E-state index contributed by atoms with van der Waals surface area (Å²) in [6.45, 7) is 2.02. The molecule has 27 heavy (non-hydrogen) atoms. The fraction of sp³-hybridized carbons (Fsp3) is 0.571. The van der Waals surface area contributed by atoms with Crippen LogP contribution in [0.25, 0.3) is 6.08 Å². The van der Waals surface area contributed by atoms with Crippen molar-refractivity contribution in [2.75, 3.05) is 0 Å². The predicted octanol–water partition coefficient (Wildman–Crippen LogP) is 3.81. The van der Waals surface area contributed by atoms with E-state index in [0.717, 1.165) is 41.9 Å². The summed E-state index contributed by atoms with van der Waals surface area (Å²) in [7, 11) is 0. The van der Waals surface area contributed by atoms with Crippen molar-refractivity contribution in [2.24, 2.45) is 23.2 Å². The van der Waals surface area contributed by atoms with Crippen molar-refractivity contribution in [1.29, 1.82) is 0 Å². The molecule has 1 N–H and O–H groups in total. The molecule has 1 atom stereocenters. The molecule has 2 heterocycles. The smallest absolute Gasteiger partial charge is 0.273 e. The molecular weight excluding hydrogens is 360 g/mol. The summed E-state index contributed by atoms with van der Waals surface area (Å²) >= 11 is 1.47. The Labute approximate surface area is 162 Å². The van der Waals surface area contributed by atoms with Crippen LogP contribution in [0.2, 0.25) is 0 Å². The Morgan fingerprint density at radius 3 is 2.33 bits per heavy atom. The summed E-state index contributed by atoms with van der Waals surface area (Å²) < 4.78 is 0. The first-order valence-electron chi connectivity index (χ1n) is 9.89. The molecule has 1 aliphatic heterocycles. The Morgan fingerprint density at radius 2 is 1.78 bits per heavy atom. The molecule has 0 spiro atoms. The number of nitrogens with zero attached hydrogens (tertiary/aromatic N) is 1. The van der Waals surface area contributed by atoms with E-state index in [9.17, 15) is 14.4 Å². The summed E-state index contributed by atoms with van der Waals surface area (Å²) in [6.07, 6.45) is 8.87. The number of barbiturate groups is 1. The highest BCUT2D eigenvalue weighted by Crippen LogP contribution is 2.62. The number of hydrogen-bond acceptors (Lipinski definition) is 4. The van der Waals surface area contributed by atoms with Gasteiger partial charge in [-0.3, -0.25) is 19.8 Å². The number of thiophene rings is 1. The number of imide groups is 2. The van der Waals surface area contributed by atoms with Crippen LogP contribution >= 0.6 is 11.3 Å². The molecule has 4 aliphatic carbocycles. The Hall–Kier alpha value is -1.95. The van der Waals surface area contributed by atoms with Gasteiger partial charge in [-0.15, -0.1) is 11.3 Å². The van der Waals surface area contributed by atoms with Crippen LogP contribution in [-0.2, 0) is 9.59 Å². The summed E-state index contributed by atoms with van der Waals surface area (Å²) in [4.78, 5) is 40.3. The van der Waals surface area contributed by atoms with Gasteiger partial charge in [0.05, 0.1) is 0 Å². The van der Waals surface area contributed by atoms with Gasteiger partial charge in [-0.25, -0.2) is 4.79 Å². The average Bonchev–Trinajstić information content (AvgIpc) is 3.10. The van der Waals surface area contributed by atoms with Crippen molar-refractivity contribution in [1.82, 2.24) is 10.2 Å². The molecule has 1 aromatic heterocycles. The molecule has 4 amide bonds. The van der Waals surface area contributed by atoms with Gasteiger partial charge in [0.15, 0.2) is 0 Å². The molecule has 6 heteroatoms. The van der Waals surface area contributed by atoms with Crippen LogP contribution in [0.1, 0.15) is 50.3 Å². The lowest BCUT2D eigenvalue weighted by Crippen LogP contribution is -2.63. The SMILES string of the molecule is C[C@H](N1C(=O)NC(=O)/C(=C\c2cccs2)C1=O)C12CC3CC(CC(C3)C1)C2. The van der Waals surface area contributed by atoms with E-state index in [4.69, 9.17) is 0 Å². The summed E-state index contributed by atoms with van der Waals surface area (Å²) in [5.74, 6) is 1.19. The standard InChI is InChI=1S/C21H24N2O3S/c1-12(21-9-13-5-14(10-21)7-15(6-13)11-21)23-19(25)17(18(24)22-20(23)26)8-16-3-2-4-27-16/h2-4,8,12-15H,5-7,9-11H2,1H3,(H,22,24,26)/b17-8+/t12-,13?,14?,15?,21?/m0/s1. The third-order valence-corrected chi connectivity index (χ3v) is 8.14. The topological polar surface area (TPSA) is 66.5 Å². The number of rotatable bonds is 3. The summed E-state index contributed by atoms with van der Waals surface area (Å²) in [6, 6.07) is 3.00. The molecule has 1 saturated heterocycles. The molecule has 5 nitrogen and oxygen atoms in total. The normalized spacial score (nSPS) is 37.8. The zero-order valence-corrected chi connectivity index (χ0v) is 16.3. The molecule has 142 valence electrons. The molecule has 5 aliphatic rings. The van der Waals surface area contributed by atoms with Gasteiger partial charge in [0, 0.05) is 10.9 Å². The molecule has 4 saturated carbocycles. The van der Waals surface area contributed by atoms with Crippen LogP contribution < -0.4 is 5.32 Å². The number of hydrogen-bond donors (Lipinski definition) is 1. The van der Waals surface area contributed by atoms with E-state index in [1.807, 2.05) is 24.4 Å². The van der Waals surface area contributed by atoms with Gasteiger partial charge in [-0.2, -0.15) is 0 Å². The lowest BCUT2D eigenvalue weighted by Gasteiger charge is -2.60. The van der Waals surface area contributed by atoms with Gasteiger partial charge in [-0.05, 0) is 86.1 Å². The van der Waals surface area contributed by atoms with Gasteiger partial charge >= 0.3 is 6.03 Å². The van der Waals surface area contributed by atoms with Crippen molar-refractivity contribution < 1.29 is 14.4 Å². The number of urea groups is 1. The van der Waals surface area contributed by atoms with E-state index in [0.29, 0.717) is 0 Å².